The Kier molecular flexibility index (Phi) is 3.61. The van der Waals surface area contributed by atoms with Crippen LogP contribution in [-0.4, -0.2) is 42.3 Å². The third kappa shape index (κ3) is 2.57. The van der Waals surface area contributed by atoms with Crippen LogP contribution >= 0.6 is 0 Å². The molecule has 17 heavy (non-hydrogen) atoms. The average Bonchev–Trinajstić information content (AvgIpc) is 3.09. The van der Waals surface area contributed by atoms with Gasteiger partial charge in [-0.05, 0) is 43.9 Å². The van der Waals surface area contributed by atoms with Crippen LogP contribution in [0.4, 0.5) is 4.79 Å². The van der Waals surface area contributed by atoms with Gasteiger partial charge in [0.25, 0.3) is 0 Å². The van der Waals surface area contributed by atoms with Crippen molar-refractivity contribution in [2.24, 2.45) is 11.3 Å². The number of hydrogen-bond acceptors (Lipinski definition) is 2. The maximum atomic E-state index is 11.9. The molecule has 0 aromatic heterocycles. The molecule has 98 valence electrons. The zero-order valence-electron chi connectivity index (χ0n) is 10.9. The summed E-state index contributed by atoms with van der Waals surface area (Å²) in [6, 6.07) is -0.174. The van der Waals surface area contributed by atoms with Crippen molar-refractivity contribution in [3.05, 3.63) is 0 Å². The lowest BCUT2D eigenvalue weighted by Crippen LogP contribution is -2.49. The molecule has 1 unspecified atom stereocenters. The fraction of sp³-hybridized carbons (Fsp3) is 0.923. The molecule has 1 atom stereocenters. The summed E-state index contributed by atoms with van der Waals surface area (Å²) >= 11 is 0. The molecule has 2 aliphatic carbocycles. The molecular weight excluding hydrogens is 216 g/mol. The van der Waals surface area contributed by atoms with Gasteiger partial charge in [0, 0.05) is 13.6 Å². The molecule has 2 rings (SSSR count). The van der Waals surface area contributed by atoms with E-state index in [4.69, 9.17) is 5.11 Å². The second kappa shape index (κ2) is 4.84. The highest BCUT2D eigenvalue weighted by Crippen LogP contribution is 2.56. The van der Waals surface area contributed by atoms with Gasteiger partial charge in [0.15, 0.2) is 0 Å². The molecule has 2 amide bonds. The summed E-state index contributed by atoms with van der Waals surface area (Å²) in [5.74, 6) is 0.858. The van der Waals surface area contributed by atoms with Gasteiger partial charge in [-0.2, -0.15) is 0 Å². The number of aliphatic hydroxyl groups is 1. The normalized spacial score (nSPS) is 23.7. The first-order valence-electron chi connectivity index (χ1n) is 6.70. The molecule has 2 fully saturated rings. The van der Waals surface area contributed by atoms with E-state index in [-0.39, 0.29) is 18.7 Å². The van der Waals surface area contributed by atoms with Gasteiger partial charge in [0.1, 0.15) is 0 Å². The van der Waals surface area contributed by atoms with Crippen molar-refractivity contribution < 1.29 is 9.90 Å². The second-order valence-corrected chi connectivity index (χ2v) is 5.79. The minimum absolute atomic E-state index is 0.0116. The highest BCUT2D eigenvalue weighted by atomic mass is 16.3. The van der Waals surface area contributed by atoms with Crippen LogP contribution in [0.3, 0.4) is 0 Å². The minimum atomic E-state index is -0.117. The third-order valence-electron chi connectivity index (χ3n) is 4.63. The van der Waals surface area contributed by atoms with E-state index in [2.05, 4.69) is 5.32 Å². The monoisotopic (exact) mass is 240 g/mol. The largest absolute Gasteiger partial charge is 0.394 e. The van der Waals surface area contributed by atoms with Crippen molar-refractivity contribution in [2.75, 3.05) is 20.2 Å². The number of urea groups is 1. The van der Waals surface area contributed by atoms with Crippen LogP contribution in [0.5, 0.6) is 0 Å². The topological polar surface area (TPSA) is 52.6 Å². The van der Waals surface area contributed by atoms with Gasteiger partial charge in [0.05, 0.1) is 12.6 Å². The first-order chi connectivity index (χ1) is 8.09. The van der Waals surface area contributed by atoms with Gasteiger partial charge in [-0.1, -0.05) is 6.42 Å². The average molecular weight is 240 g/mol. The molecule has 0 radical (unpaired) electrons. The summed E-state index contributed by atoms with van der Waals surface area (Å²) in [5.41, 5.74) is 0.416. The Hall–Kier alpha value is -0.770. The quantitative estimate of drug-likeness (QED) is 0.766. The number of hydrogen-bond donors (Lipinski definition) is 2. The maximum Gasteiger partial charge on any atom is 0.317 e. The van der Waals surface area contributed by atoms with Crippen molar-refractivity contribution >= 4 is 6.03 Å². The molecule has 0 aromatic rings. The number of likely N-dealkylation sites (N-methyl/N-ethyl adjacent to an activating group) is 1. The Morgan fingerprint density at radius 1 is 1.53 bits per heavy atom. The fourth-order valence-corrected chi connectivity index (χ4v) is 2.75. The molecule has 0 aliphatic heterocycles. The maximum absolute atomic E-state index is 11.9. The summed E-state index contributed by atoms with van der Waals surface area (Å²) in [6.07, 6.45) is 6.56. The highest BCUT2D eigenvalue weighted by molar-refractivity contribution is 5.74. The summed E-state index contributed by atoms with van der Waals surface area (Å²) < 4.78 is 0. The summed E-state index contributed by atoms with van der Waals surface area (Å²) in [6.45, 7) is 2.68. The predicted octanol–water partition coefficient (Wildman–Crippen LogP) is 1.59. The van der Waals surface area contributed by atoms with E-state index in [1.165, 1.54) is 32.1 Å². The van der Waals surface area contributed by atoms with Gasteiger partial charge in [0.2, 0.25) is 0 Å². The lowest BCUT2D eigenvalue weighted by atomic mass is 9.65. The molecule has 2 N–H and O–H groups in total. The SMILES string of the molecule is CC(CO)N(C)C(=O)NCC1(C2CC2)CCC1. The number of amides is 2. The van der Waals surface area contributed by atoms with Crippen LogP contribution in [0, 0.1) is 11.3 Å². The van der Waals surface area contributed by atoms with Crippen LogP contribution in [0.1, 0.15) is 39.0 Å². The molecule has 0 spiro atoms. The van der Waals surface area contributed by atoms with Crippen LogP contribution in [0.15, 0.2) is 0 Å². The van der Waals surface area contributed by atoms with E-state index in [1.54, 1.807) is 11.9 Å². The molecular formula is C13H24N2O2. The first-order valence-corrected chi connectivity index (χ1v) is 6.70. The van der Waals surface area contributed by atoms with Crippen LogP contribution in [0.2, 0.25) is 0 Å². The number of nitrogens with one attached hydrogen (secondary N) is 1. The highest BCUT2D eigenvalue weighted by Gasteiger charge is 2.49. The fourth-order valence-electron chi connectivity index (χ4n) is 2.75. The zero-order chi connectivity index (χ0) is 12.5. The Balaban J connectivity index is 1.79. The summed E-state index contributed by atoms with van der Waals surface area (Å²) in [5, 5.41) is 12.1. The van der Waals surface area contributed by atoms with Crippen molar-refractivity contribution in [1.29, 1.82) is 0 Å². The smallest absolute Gasteiger partial charge is 0.317 e. The Labute approximate surface area is 103 Å². The molecule has 0 aromatic carbocycles. The van der Waals surface area contributed by atoms with E-state index in [1.807, 2.05) is 6.92 Å². The number of aliphatic hydroxyl groups excluding tert-OH is 1. The van der Waals surface area contributed by atoms with Crippen molar-refractivity contribution in [3.63, 3.8) is 0 Å². The second-order valence-electron chi connectivity index (χ2n) is 5.79. The number of nitrogens with zero attached hydrogens (tertiary/aromatic N) is 1. The first kappa shape index (κ1) is 12.7. The number of rotatable bonds is 5. The van der Waals surface area contributed by atoms with Gasteiger partial charge >= 0.3 is 6.03 Å². The molecule has 0 saturated heterocycles. The molecule has 2 saturated carbocycles. The molecule has 0 heterocycles. The summed E-state index contributed by atoms with van der Waals surface area (Å²) in [4.78, 5) is 13.5. The van der Waals surface area contributed by atoms with Gasteiger partial charge in [-0.3, -0.25) is 0 Å². The lowest BCUT2D eigenvalue weighted by molar-refractivity contribution is 0.0953. The van der Waals surface area contributed by atoms with Gasteiger partial charge < -0.3 is 15.3 Å². The van der Waals surface area contributed by atoms with E-state index >= 15 is 0 Å². The standard InChI is InChI=1S/C13H24N2O2/c1-10(8-16)15(2)12(17)14-9-13(6-3-7-13)11-4-5-11/h10-11,16H,3-9H2,1-2H3,(H,14,17). The van der Waals surface area contributed by atoms with E-state index < -0.39 is 0 Å². The zero-order valence-corrected chi connectivity index (χ0v) is 10.9. The molecule has 2 aliphatic rings. The Bertz CT molecular complexity index is 285. The summed E-state index contributed by atoms with van der Waals surface area (Å²) in [7, 11) is 1.74. The van der Waals surface area contributed by atoms with Crippen LogP contribution < -0.4 is 5.32 Å². The lowest BCUT2D eigenvalue weighted by Gasteiger charge is -2.43. The van der Waals surface area contributed by atoms with Gasteiger partial charge in [-0.25, -0.2) is 4.79 Å². The van der Waals surface area contributed by atoms with Crippen molar-refractivity contribution in [2.45, 2.75) is 45.1 Å². The van der Waals surface area contributed by atoms with Crippen LogP contribution in [-0.2, 0) is 0 Å². The third-order valence-corrected chi connectivity index (χ3v) is 4.63. The van der Waals surface area contributed by atoms with E-state index in [9.17, 15) is 4.79 Å². The van der Waals surface area contributed by atoms with Crippen molar-refractivity contribution in [3.8, 4) is 0 Å². The van der Waals surface area contributed by atoms with Crippen molar-refractivity contribution in [1.82, 2.24) is 10.2 Å². The van der Waals surface area contributed by atoms with Crippen LogP contribution in [0.25, 0.3) is 0 Å². The minimum Gasteiger partial charge on any atom is -0.394 e. The number of carbonyl (C=O) groups excluding carboxylic acids is 1. The molecule has 0 bridgehead atoms. The van der Waals surface area contributed by atoms with E-state index in [0.29, 0.717) is 5.41 Å². The molecule has 4 heteroatoms. The predicted molar refractivity (Wildman–Crippen MR) is 66.7 cm³/mol. The Morgan fingerprint density at radius 2 is 2.18 bits per heavy atom. The van der Waals surface area contributed by atoms with Gasteiger partial charge in [-0.15, -0.1) is 0 Å². The van der Waals surface area contributed by atoms with E-state index in [0.717, 1.165) is 12.5 Å². The Morgan fingerprint density at radius 3 is 2.59 bits per heavy atom. The molecule has 4 nitrogen and oxygen atoms in total. The number of carbonyl (C=O) groups is 1.